The van der Waals surface area contributed by atoms with Crippen LogP contribution in [0.1, 0.15) is 39.0 Å². The van der Waals surface area contributed by atoms with Crippen LogP contribution in [0.25, 0.3) is 11.4 Å². The number of aryl methyl sites for hydroxylation is 1. The van der Waals surface area contributed by atoms with Gasteiger partial charge in [-0.05, 0) is 37.1 Å². The summed E-state index contributed by atoms with van der Waals surface area (Å²) < 4.78 is 10.3. The van der Waals surface area contributed by atoms with Gasteiger partial charge in [0.05, 0.1) is 7.11 Å². The monoisotopic (exact) mass is 382 g/mol. The van der Waals surface area contributed by atoms with Crippen LogP contribution in [0.5, 0.6) is 5.75 Å². The molecular weight excluding hydrogens is 356 g/mol. The number of rotatable bonds is 9. The van der Waals surface area contributed by atoms with Crippen LogP contribution in [0.2, 0.25) is 0 Å². The average molecular weight is 383 g/mol. The second kappa shape index (κ2) is 10.1. The molecule has 1 aromatic heterocycles. The SMILES string of the molecule is CCC(N)(CC)CNC(=O)CCc1nc(-c2ccc(OC)cc2)no1.Cl. The zero-order chi connectivity index (χ0) is 18.3. The Hall–Kier alpha value is -2.12. The van der Waals surface area contributed by atoms with Crippen molar-refractivity contribution in [3.63, 3.8) is 0 Å². The molecule has 0 aliphatic heterocycles. The first kappa shape index (κ1) is 21.9. The van der Waals surface area contributed by atoms with E-state index in [4.69, 9.17) is 15.0 Å². The van der Waals surface area contributed by atoms with Gasteiger partial charge in [-0.25, -0.2) is 0 Å². The van der Waals surface area contributed by atoms with E-state index in [1.54, 1.807) is 7.11 Å². The molecule has 0 saturated heterocycles. The summed E-state index contributed by atoms with van der Waals surface area (Å²) in [5.74, 6) is 1.63. The number of benzene rings is 1. The molecule has 7 nitrogen and oxygen atoms in total. The normalized spacial score (nSPS) is 10.9. The van der Waals surface area contributed by atoms with Crippen molar-refractivity contribution >= 4 is 18.3 Å². The number of hydrogen-bond acceptors (Lipinski definition) is 6. The van der Waals surface area contributed by atoms with E-state index in [0.717, 1.165) is 24.2 Å². The Morgan fingerprint density at radius 3 is 2.50 bits per heavy atom. The lowest BCUT2D eigenvalue weighted by Gasteiger charge is -2.26. The van der Waals surface area contributed by atoms with Crippen molar-refractivity contribution in [2.24, 2.45) is 5.73 Å². The summed E-state index contributed by atoms with van der Waals surface area (Å²) in [5, 5.41) is 6.83. The molecule has 0 atom stereocenters. The maximum atomic E-state index is 12.0. The highest BCUT2D eigenvalue weighted by Crippen LogP contribution is 2.20. The van der Waals surface area contributed by atoms with Gasteiger partial charge in [-0.15, -0.1) is 12.4 Å². The molecule has 1 aromatic carbocycles. The van der Waals surface area contributed by atoms with Crippen LogP contribution in [0.3, 0.4) is 0 Å². The summed E-state index contributed by atoms with van der Waals surface area (Å²) >= 11 is 0. The van der Waals surface area contributed by atoms with Gasteiger partial charge in [-0.1, -0.05) is 19.0 Å². The van der Waals surface area contributed by atoms with Crippen LogP contribution in [0.15, 0.2) is 28.8 Å². The first-order valence-electron chi connectivity index (χ1n) is 8.52. The Bertz CT molecular complexity index is 684. The van der Waals surface area contributed by atoms with Gasteiger partial charge in [0.15, 0.2) is 0 Å². The lowest BCUT2D eigenvalue weighted by molar-refractivity contribution is -0.121. The van der Waals surface area contributed by atoms with Crippen molar-refractivity contribution in [3.8, 4) is 17.1 Å². The standard InChI is InChI=1S/C18H26N4O3.ClH/c1-4-18(19,5-2)12-20-15(23)10-11-16-21-17(22-25-16)13-6-8-14(24-3)9-7-13;/h6-9H,4-5,10-12,19H2,1-3H3,(H,20,23);1H. The van der Waals surface area contributed by atoms with Crippen molar-refractivity contribution < 1.29 is 14.1 Å². The lowest BCUT2D eigenvalue weighted by Crippen LogP contribution is -2.49. The van der Waals surface area contributed by atoms with Gasteiger partial charge in [0.2, 0.25) is 17.6 Å². The van der Waals surface area contributed by atoms with Gasteiger partial charge in [0.25, 0.3) is 0 Å². The smallest absolute Gasteiger partial charge is 0.227 e. The summed E-state index contributed by atoms with van der Waals surface area (Å²) in [5.41, 5.74) is 6.66. The number of nitrogens with one attached hydrogen (secondary N) is 1. The number of halogens is 1. The summed E-state index contributed by atoms with van der Waals surface area (Å²) in [6.45, 7) is 4.52. The topological polar surface area (TPSA) is 103 Å². The largest absolute Gasteiger partial charge is 0.497 e. The van der Waals surface area contributed by atoms with Crippen LogP contribution in [-0.4, -0.2) is 35.2 Å². The number of amides is 1. The van der Waals surface area contributed by atoms with Gasteiger partial charge < -0.3 is 20.3 Å². The number of nitrogens with two attached hydrogens (primary N) is 1. The van der Waals surface area contributed by atoms with E-state index in [-0.39, 0.29) is 30.3 Å². The molecule has 8 heteroatoms. The van der Waals surface area contributed by atoms with Crippen molar-refractivity contribution in [1.29, 1.82) is 0 Å². The minimum Gasteiger partial charge on any atom is -0.497 e. The molecule has 0 spiro atoms. The first-order chi connectivity index (χ1) is 12.0. The zero-order valence-corrected chi connectivity index (χ0v) is 16.3. The van der Waals surface area contributed by atoms with E-state index >= 15 is 0 Å². The fraction of sp³-hybridized carbons (Fsp3) is 0.500. The quantitative estimate of drug-likeness (QED) is 0.691. The summed E-state index contributed by atoms with van der Waals surface area (Å²) in [6, 6.07) is 7.38. The Kier molecular flexibility index (Phi) is 8.54. The highest BCUT2D eigenvalue weighted by Gasteiger charge is 2.21. The van der Waals surface area contributed by atoms with Crippen LogP contribution >= 0.6 is 12.4 Å². The minimum atomic E-state index is -0.346. The van der Waals surface area contributed by atoms with E-state index in [1.807, 2.05) is 38.1 Å². The molecule has 26 heavy (non-hydrogen) atoms. The molecule has 3 N–H and O–H groups in total. The average Bonchev–Trinajstić information content (AvgIpc) is 3.13. The summed E-state index contributed by atoms with van der Waals surface area (Å²) in [4.78, 5) is 16.3. The van der Waals surface area contributed by atoms with Crippen LogP contribution in [0, 0.1) is 0 Å². The van der Waals surface area contributed by atoms with E-state index in [0.29, 0.717) is 24.7 Å². The van der Waals surface area contributed by atoms with Crippen LogP contribution in [-0.2, 0) is 11.2 Å². The van der Waals surface area contributed by atoms with E-state index < -0.39 is 0 Å². The molecule has 1 amide bonds. The van der Waals surface area contributed by atoms with E-state index in [9.17, 15) is 4.79 Å². The Morgan fingerprint density at radius 1 is 1.27 bits per heavy atom. The second-order valence-electron chi connectivity index (χ2n) is 6.09. The number of methoxy groups -OCH3 is 1. The highest BCUT2D eigenvalue weighted by molar-refractivity contribution is 5.85. The maximum Gasteiger partial charge on any atom is 0.227 e. The molecule has 2 rings (SSSR count). The molecular formula is C18H27ClN4O3. The summed E-state index contributed by atoms with van der Waals surface area (Å²) in [7, 11) is 1.61. The van der Waals surface area contributed by atoms with Crippen molar-refractivity contribution in [3.05, 3.63) is 30.2 Å². The number of carbonyl (C=O) groups is 1. The Balaban J connectivity index is 0.00000338. The number of hydrogen-bond donors (Lipinski definition) is 2. The second-order valence-corrected chi connectivity index (χ2v) is 6.09. The molecule has 0 bridgehead atoms. The van der Waals surface area contributed by atoms with E-state index in [1.165, 1.54) is 0 Å². The molecule has 1 heterocycles. The predicted molar refractivity (Wildman–Crippen MR) is 102 cm³/mol. The van der Waals surface area contributed by atoms with Crippen LogP contribution in [0.4, 0.5) is 0 Å². The van der Waals surface area contributed by atoms with Crippen molar-refractivity contribution in [2.75, 3.05) is 13.7 Å². The van der Waals surface area contributed by atoms with E-state index in [2.05, 4.69) is 15.5 Å². The molecule has 144 valence electrons. The minimum absolute atomic E-state index is 0. The number of aromatic nitrogens is 2. The molecule has 0 unspecified atom stereocenters. The first-order valence-corrected chi connectivity index (χ1v) is 8.52. The number of carbonyl (C=O) groups excluding carboxylic acids is 1. The molecule has 0 aliphatic rings. The molecule has 0 aliphatic carbocycles. The molecule has 0 saturated carbocycles. The Labute approximate surface area is 160 Å². The predicted octanol–water partition coefficient (Wildman–Crippen LogP) is 2.73. The summed E-state index contributed by atoms with van der Waals surface area (Å²) in [6.07, 6.45) is 2.32. The molecule has 2 aromatic rings. The zero-order valence-electron chi connectivity index (χ0n) is 15.4. The molecule has 0 radical (unpaired) electrons. The molecule has 0 fully saturated rings. The van der Waals surface area contributed by atoms with Crippen LogP contribution < -0.4 is 15.8 Å². The highest BCUT2D eigenvalue weighted by atomic mass is 35.5. The lowest BCUT2D eigenvalue weighted by atomic mass is 9.94. The van der Waals surface area contributed by atoms with Gasteiger partial charge in [0, 0.05) is 30.5 Å². The van der Waals surface area contributed by atoms with Crippen molar-refractivity contribution in [1.82, 2.24) is 15.5 Å². The van der Waals surface area contributed by atoms with Gasteiger partial charge in [-0.2, -0.15) is 4.98 Å². The number of nitrogens with zero attached hydrogens (tertiary/aromatic N) is 2. The Morgan fingerprint density at radius 2 is 1.92 bits per heavy atom. The maximum absolute atomic E-state index is 12.0. The third kappa shape index (κ3) is 6.00. The third-order valence-electron chi connectivity index (χ3n) is 4.43. The van der Waals surface area contributed by atoms with Gasteiger partial charge in [0.1, 0.15) is 5.75 Å². The van der Waals surface area contributed by atoms with Crippen molar-refractivity contribution in [2.45, 2.75) is 45.1 Å². The fourth-order valence-corrected chi connectivity index (χ4v) is 2.30. The fourth-order valence-electron chi connectivity index (χ4n) is 2.30. The number of ether oxygens (including phenoxy) is 1. The third-order valence-corrected chi connectivity index (χ3v) is 4.43. The van der Waals surface area contributed by atoms with Gasteiger partial charge in [-0.3, -0.25) is 4.79 Å². The van der Waals surface area contributed by atoms with Gasteiger partial charge >= 0.3 is 0 Å².